The number of hydrogen-bond donors (Lipinski definition) is 1. The molecule has 0 unspecified atom stereocenters. The largest absolute Gasteiger partial charge is 0.465 e. The SMILES string of the molecule is CCCCCCCN(C(=O)O)c1ccc2c(ccn2N(CCC)c2ccncc2F)c1. The van der Waals surface area contributed by atoms with E-state index in [4.69, 9.17) is 0 Å². The van der Waals surface area contributed by atoms with Crippen molar-refractivity contribution in [2.75, 3.05) is 23.0 Å². The highest BCUT2D eigenvalue weighted by Crippen LogP contribution is 2.27. The summed E-state index contributed by atoms with van der Waals surface area (Å²) in [6.07, 6.45) is 9.92. The summed E-state index contributed by atoms with van der Waals surface area (Å²) in [4.78, 5) is 17.1. The van der Waals surface area contributed by atoms with Crippen LogP contribution in [0.3, 0.4) is 0 Å². The van der Waals surface area contributed by atoms with E-state index in [1.165, 1.54) is 17.5 Å². The van der Waals surface area contributed by atoms with Gasteiger partial charge in [-0.25, -0.2) is 9.18 Å². The van der Waals surface area contributed by atoms with Gasteiger partial charge in [0.2, 0.25) is 0 Å². The van der Waals surface area contributed by atoms with E-state index in [0.29, 0.717) is 24.5 Å². The summed E-state index contributed by atoms with van der Waals surface area (Å²) in [5.41, 5.74) is 2.00. The lowest BCUT2D eigenvalue weighted by Crippen LogP contribution is -2.31. The maximum atomic E-state index is 14.4. The molecule has 3 aromatic rings. The molecule has 0 bridgehead atoms. The number of unbranched alkanes of at least 4 members (excludes halogenated alkanes) is 4. The van der Waals surface area contributed by atoms with Gasteiger partial charge in [-0.15, -0.1) is 0 Å². The van der Waals surface area contributed by atoms with Crippen LogP contribution in [0.1, 0.15) is 52.4 Å². The standard InChI is InChI=1S/C24H31FN4O2/c1-3-5-6-7-8-15-27(24(30)31)20-9-10-22-19(17-20)12-16-29(22)28(14-4-2)23-11-13-26-18-21(23)25/h9-13,16-18H,3-8,14-15H2,1-2H3,(H,30,31). The van der Waals surface area contributed by atoms with Crippen LogP contribution in [0.15, 0.2) is 48.9 Å². The van der Waals surface area contributed by atoms with Crippen LogP contribution in [0, 0.1) is 5.82 Å². The van der Waals surface area contributed by atoms with Crippen molar-refractivity contribution in [2.24, 2.45) is 0 Å². The Bertz CT molecular complexity index is 1000. The highest BCUT2D eigenvalue weighted by molar-refractivity contribution is 5.91. The zero-order chi connectivity index (χ0) is 22.2. The van der Waals surface area contributed by atoms with Gasteiger partial charge < -0.3 is 5.11 Å². The highest BCUT2D eigenvalue weighted by atomic mass is 19.1. The molecule has 0 aliphatic heterocycles. The number of benzene rings is 1. The number of anilines is 2. The number of carbonyl (C=O) groups is 1. The number of hydrogen-bond acceptors (Lipinski definition) is 3. The molecule has 1 N–H and O–H groups in total. The minimum Gasteiger partial charge on any atom is -0.465 e. The van der Waals surface area contributed by atoms with Gasteiger partial charge in [0.1, 0.15) is 0 Å². The van der Waals surface area contributed by atoms with E-state index in [1.54, 1.807) is 12.3 Å². The fraction of sp³-hybridized carbons (Fsp3) is 0.417. The lowest BCUT2D eigenvalue weighted by Gasteiger charge is -2.27. The molecule has 1 aromatic carbocycles. The van der Waals surface area contributed by atoms with Crippen molar-refractivity contribution in [3.05, 3.63) is 54.7 Å². The third kappa shape index (κ3) is 5.34. The van der Waals surface area contributed by atoms with Crippen LogP contribution in [-0.2, 0) is 0 Å². The van der Waals surface area contributed by atoms with Gasteiger partial charge in [-0.1, -0.05) is 39.5 Å². The van der Waals surface area contributed by atoms with Crippen LogP contribution in [0.5, 0.6) is 0 Å². The lowest BCUT2D eigenvalue weighted by molar-refractivity contribution is 0.201. The summed E-state index contributed by atoms with van der Waals surface area (Å²) < 4.78 is 16.3. The summed E-state index contributed by atoms with van der Waals surface area (Å²) in [5, 5.41) is 12.5. The molecule has 0 spiro atoms. The lowest BCUT2D eigenvalue weighted by atomic mass is 10.1. The zero-order valence-corrected chi connectivity index (χ0v) is 18.3. The minimum absolute atomic E-state index is 0.380. The fourth-order valence-corrected chi connectivity index (χ4v) is 3.84. The molecule has 2 aromatic heterocycles. The van der Waals surface area contributed by atoms with Gasteiger partial charge in [0.15, 0.2) is 5.82 Å². The van der Waals surface area contributed by atoms with Gasteiger partial charge >= 0.3 is 6.09 Å². The van der Waals surface area contributed by atoms with Crippen molar-refractivity contribution < 1.29 is 14.3 Å². The second kappa shape index (κ2) is 10.8. The molecule has 2 heterocycles. The van der Waals surface area contributed by atoms with E-state index in [-0.39, 0.29) is 5.82 Å². The molecule has 0 atom stereocenters. The normalized spacial score (nSPS) is 11.1. The number of halogens is 1. The van der Waals surface area contributed by atoms with Gasteiger partial charge in [-0.05, 0) is 43.2 Å². The Morgan fingerprint density at radius 2 is 1.87 bits per heavy atom. The topological polar surface area (TPSA) is 61.6 Å². The van der Waals surface area contributed by atoms with Crippen LogP contribution >= 0.6 is 0 Å². The Kier molecular flexibility index (Phi) is 7.87. The van der Waals surface area contributed by atoms with Crippen LogP contribution in [0.2, 0.25) is 0 Å². The molecule has 6 nitrogen and oxygen atoms in total. The molecule has 0 fully saturated rings. The summed E-state index contributed by atoms with van der Waals surface area (Å²) in [5.74, 6) is -0.380. The molecule has 0 aliphatic rings. The van der Waals surface area contributed by atoms with Crippen molar-refractivity contribution >= 4 is 28.4 Å². The molecule has 7 heteroatoms. The smallest absolute Gasteiger partial charge is 0.411 e. The Labute approximate surface area is 182 Å². The number of fused-ring (bicyclic) bond motifs is 1. The van der Waals surface area contributed by atoms with Crippen molar-refractivity contribution in [3.63, 3.8) is 0 Å². The molecule has 166 valence electrons. The third-order valence-electron chi connectivity index (χ3n) is 5.41. The first kappa shape index (κ1) is 22.6. The first-order chi connectivity index (χ1) is 15.1. The monoisotopic (exact) mass is 426 g/mol. The predicted octanol–water partition coefficient (Wildman–Crippen LogP) is 6.31. The van der Waals surface area contributed by atoms with Gasteiger partial charge in [0.05, 0.1) is 17.4 Å². The molecule has 0 radical (unpaired) electrons. The highest BCUT2D eigenvalue weighted by Gasteiger charge is 2.18. The summed E-state index contributed by atoms with van der Waals surface area (Å²) in [6, 6.07) is 9.21. The Morgan fingerprint density at radius 1 is 1.06 bits per heavy atom. The molecular weight excluding hydrogens is 395 g/mol. The van der Waals surface area contributed by atoms with Gasteiger partial charge in [0, 0.05) is 36.6 Å². The molecule has 1 amide bonds. The summed E-state index contributed by atoms with van der Waals surface area (Å²) >= 11 is 0. The van der Waals surface area contributed by atoms with Crippen LogP contribution in [0.4, 0.5) is 20.6 Å². The molecule has 0 saturated heterocycles. The molecule has 0 saturated carbocycles. The number of aromatic nitrogens is 2. The minimum atomic E-state index is -0.944. The number of rotatable bonds is 11. The van der Waals surface area contributed by atoms with E-state index in [1.807, 2.05) is 47.1 Å². The van der Waals surface area contributed by atoms with E-state index < -0.39 is 6.09 Å². The summed E-state index contributed by atoms with van der Waals surface area (Å²) in [6.45, 7) is 5.32. The Balaban J connectivity index is 1.87. The second-order valence-electron chi connectivity index (χ2n) is 7.70. The Hall–Kier alpha value is -3.09. The van der Waals surface area contributed by atoms with Crippen molar-refractivity contribution in [3.8, 4) is 0 Å². The first-order valence-corrected chi connectivity index (χ1v) is 11.1. The fourth-order valence-electron chi connectivity index (χ4n) is 3.84. The van der Waals surface area contributed by atoms with Crippen molar-refractivity contribution in [1.82, 2.24) is 9.66 Å². The first-order valence-electron chi connectivity index (χ1n) is 11.1. The zero-order valence-electron chi connectivity index (χ0n) is 18.3. The predicted molar refractivity (Wildman–Crippen MR) is 123 cm³/mol. The van der Waals surface area contributed by atoms with E-state index in [0.717, 1.165) is 43.0 Å². The maximum Gasteiger partial charge on any atom is 0.411 e. The van der Waals surface area contributed by atoms with Gasteiger partial charge in [-0.3, -0.25) is 19.6 Å². The van der Waals surface area contributed by atoms with Crippen molar-refractivity contribution in [1.29, 1.82) is 0 Å². The number of carboxylic acid groups (broad SMARTS) is 1. The Morgan fingerprint density at radius 3 is 2.58 bits per heavy atom. The number of nitrogens with zero attached hydrogens (tertiary/aromatic N) is 4. The molecular formula is C24H31FN4O2. The van der Waals surface area contributed by atoms with E-state index in [2.05, 4.69) is 11.9 Å². The van der Waals surface area contributed by atoms with E-state index >= 15 is 0 Å². The third-order valence-corrected chi connectivity index (χ3v) is 5.41. The van der Waals surface area contributed by atoms with Crippen LogP contribution in [0.25, 0.3) is 10.9 Å². The average Bonchev–Trinajstić information content (AvgIpc) is 3.18. The average molecular weight is 427 g/mol. The van der Waals surface area contributed by atoms with Crippen molar-refractivity contribution in [2.45, 2.75) is 52.4 Å². The quantitative estimate of drug-likeness (QED) is 0.365. The van der Waals surface area contributed by atoms with E-state index in [9.17, 15) is 14.3 Å². The van der Waals surface area contributed by atoms with Gasteiger partial charge in [-0.2, -0.15) is 0 Å². The van der Waals surface area contributed by atoms with Crippen LogP contribution in [-0.4, -0.2) is 33.9 Å². The number of pyridine rings is 1. The van der Waals surface area contributed by atoms with Crippen LogP contribution < -0.4 is 9.91 Å². The maximum absolute atomic E-state index is 14.4. The second-order valence-corrected chi connectivity index (χ2v) is 7.70. The molecule has 31 heavy (non-hydrogen) atoms. The molecule has 3 rings (SSSR count). The number of amides is 1. The molecule has 0 aliphatic carbocycles. The van der Waals surface area contributed by atoms with Gasteiger partial charge in [0.25, 0.3) is 0 Å². The summed E-state index contributed by atoms with van der Waals surface area (Å²) in [7, 11) is 0.